The Bertz CT molecular complexity index is 1260. The maximum Gasteiger partial charge on any atom is 0.305 e. The lowest BCUT2D eigenvalue weighted by molar-refractivity contribution is -0.143. The van der Waals surface area contributed by atoms with Gasteiger partial charge in [0, 0.05) is 12.8 Å². The summed E-state index contributed by atoms with van der Waals surface area (Å²) >= 11 is 0. The zero-order valence-electron chi connectivity index (χ0n) is 52.7. The molecule has 1 amide bonds. The van der Waals surface area contributed by atoms with Gasteiger partial charge in [-0.3, -0.25) is 9.59 Å². The predicted molar refractivity (Wildman–Crippen MR) is 343 cm³/mol. The Hall–Kier alpha value is -1.92. The van der Waals surface area contributed by atoms with Crippen molar-refractivity contribution >= 4 is 11.9 Å². The molecule has 0 aromatic carbocycles. The fourth-order valence-corrected chi connectivity index (χ4v) is 11.0. The molecule has 0 aromatic rings. The van der Waals surface area contributed by atoms with Crippen LogP contribution in [0.15, 0.2) is 36.5 Å². The third kappa shape index (κ3) is 63.3. The van der Waals surface area contributed by atoms with Crippen LogP contribution >= 0.6 is 0 Å². The summed E-state index contributed by atoms with van der Waals surface area (Å²) in [6.45, 7) is 4.91. The van der Waals surface area contributed by atoms with Crippen molar-refractivity contribution in [2.75, 3.05) is 13.2 Å². The second kappa shape index (κ2) is 67.6. The van der Waals surface area contributed by atoms with Gasteiger partial charge in [-0.2, -0.15) is 0 Å². The number of nitrogens with one attached hydrogen (secondary N) is 1. The van der Waals surface area contributed by atoms with Gasteiger partial charge in [0.15, 0.2) is 0 Å². The second-order valence-corrected chi connectivity index (χ2v) is 24.2. The molecule has 0 radical (unpaired) electrons. The Morgan fingerprint density at radius 1 is 0.346 bits per heavy atom. The minimum absolute atomic E-state index is 0.0113. The number of carbonyl (C=O) groups excluding carboxylic acids is 2. The molecule has 0 fully saturated rings. The van der Waals surface area contributed by atoms with Gasteiger partial charge in [0.25, 0.3) is 0 Å². The Labute approximate surface area is 487 Å². The fraction of sp³-hybridized carbons (Fsp3) is 0.889. The van der Waals surface area contributed by atoms with Crippen molar-refractivity contribution in [2.24, 2.45) is 0 Å². The van der Waals surface area contributed by atoms with Crippen molar-refractivity contribution in [3.63, 3.8) is 0 Å². The van der Waals surface area contributed by atoms with Gasteiger partial charge >= 0.3 is 5.97 Å². The molecule has 0 heterocycles. The number of esters is 1. The Morgan fingerprint density at radius 3 is 0.910 bits per heavy atom. The van der Waals surface area contributed by atoms with Crippen LogP contribution in [0.2, 0.25) is 0 Å². The first-order valence-corrected chi connectivity index (χ1v) is 35.3. The maximum atomic E-state index is 12.5. The van der Waals surface area contributed by atoms with Gasteiger partial charge in [-0.05, 0) is 83.5 Å². The number of hydrogen-bond acceptors (Lipinski definition) is 5. The van der Waals surface area contributed by atoms with Gasteiger partial charge in [-0.1, -0.05) is 326 Å². The summed E-state index contributed by atoms with van der Waals surface area (Å²) < 4.78 is 5.50. The van der Waals surface area contributed by atoms with Gasteiger partial charge in [0.1, 0.15) is 0 Å². The predicted octanol–water partition coefficient (Wildman–Crippen LogP) is 22.7. The summed E-state index contributed by atoms with van der Waals surface area (Å²) in [5.41, 5.74) is 0. The van der Waals surface area contributed by atoms with Crippen LogP contribution in [0.4, 0.5) is 0 Å². The molecule has 0 aliphatic carbocycles. The third-order valence-corrected chi connectivity index (χ3v) is 16.4. The molecule has 78 heavy (non-hydrogen) atoms. The first-order chi connectivity index (χ1) is 38.5. The van der Waals surface area contributed by atoms with E-state index < -0.39 is 12.1 Å². The number of amides is 1. The average Bonchev–Trinajstić information content (AvgIpc) is 3.44. The lowest BCUT2D eigenvalue weighted by Crippen LogP contribution is -2.45. The molecule has 0 spiro atoms. The highest BCUT2D eigenvalue weighted by atomic mass is 16.5. The SMILES string of the molecule is CCCCCCCCC/C=C\CCCCCCCC(=O)OCCCCCCCCCCCCCC/C=C\CCCCCCCCCCCCCCCCCCCC(=O)NC(CO)C(O)/C=C/CCCCCCCCCCCC. The van der Waals surface area contributed by atoms with Gasteiger partial charge in [0.2, 0.25) is 5.91 Å². The molecule has 6 heteroatoms. The van der Waals surface area contributed by atoms with E-state index in [2.05, 4.69) is 43.5 Å². The summed E-state index contributed by atoms with van der Waals surface area (Å²) in [4.78, 5) is 24.5. The Balaban J connectivity index is 3.34. The number of aliphatic hydroxyl groups excluding tert-OH is 2. The molecule has 460 valence electrons. The molecule has 3 N–H and O–H groups in total. The standard InChI is InChI=1S/C72H137NO5/c1-3-5-7-9-11-13-15-17-18-39-42-46-50-54-58-62-66-72(77)78-67-63-59-55-51-47-43-40-37-35-33-31-29-27-25-23-21-19-20-22-24-26-28-30-32-34-36-38-41-45-49-53-57-61-65-71(76)73-69(68-74)70(75)64-60-56-52-48-44-16-14-12-10-8-6-4-2/h18,23,25,39,60,64,69-70,74-75H,3-17,19-22,24,26-38,40-59,61-63,65-68H2,1-2H3,(H,73,76)/b25-23-,39-18-,64-60+. The van der Waals surface area contributed by atoms with E-state index >= 15 is 0 Å². The van der Waals surface area contributed by atoms with Crippen LogP contribution in [0.3, 0.4) is 0 Å². The molecular weight excluding hydrogens is 959 g/mol. The van der Waals surface area contributed by atoms with E-state index in [0.717, 1.165) is 44.9 Å². The first-order valence-electron chi connectivity index (χ1n) is 35.3. The van der Waals surface area contributed by atoms with E-state index in [4.69, 9.17) is 4.74 Å². The van der Waals surface area contributed by atoms with Crippen LogP contribution < -0.4 is 5.32 Å². The van der Waals surface area contributed by atoms with Crippen LogP contribution in [0, 0.1) is 0 Å². The molecule has 0 rings (SSSR count). The average molecular weight is 1100 g/mol. The third-order valence-electron chi connectivity index (χ3n) is 16.4. The Morgan fingerprint density at radius 2 is 0.603 bits per heavy atom. The van der Waals surface area contributed by atoms with Crippen molar-refractivity contribution in [1.29, 1.82) is 0 Å². The molecule has 2 unspecified atom stereocenters. The lowest BCUT2D eigenvalue weighted by atomic mass is 10.0. The van der Waals surface area contributed by atoms with Crippen molar-refractivity contribution in [3.8, 4) is 0 Å². The van der Waals surface area contributed by atoms with E-state index in [0.29, 0.717) is 19.4 Å². The largest absolute Gasteiger partial charge is 0.466 e. The summed E-state index contributed by atoms with van der Waals surface area (Å²) in [6, 6.07) is -0.624. The van der Waals surface area contributed by atoms with Gasteiger partial charge in [-0.25, -0.2) is 0 Å². The van der Waals surface area contributed by atoms with Gasteiger partial charge < -0.3 is 20.3 Å². The van der Waals surface area contributed by atoms with Gasteiger partial charge in [0.05, 0.1) is 25.4 Å². The highest BCUT2D eigenvalue weighted by molar-refractivity contribution is 5.76. The number of ether oxygens (including phenoxy) is 1. The van der Waals surface area contributed by atoms with Crippen molar-refractivity contribution in [2.45, 2.75) is 398 Å². The van der Waals surface area contributed by atoms with Crippen LogP contribution in [0.1, 0.15) is 386 Å². The molecule has 0 saturated heterocycles. The number of hydrogen-bond donors (Lipinski definition) is 3. The number of rotatable bonds is 66. The summed E-state index contributed by atoms with van der Waals surface area (Å²) in [7, 11) is 0. The van der Waals surface area contributed by atoms with Crippen LogP contribution in [0.5, 0.6) is 0 Å². The van der Waals surface area contributed by atoms with E-state index in [9.17, 15) is 19.8 Å². The topological polar surface area (TPSA) is 95.9 Å². The normalized spacial score (nSPS) is 12.7. The quantitative estimate of drug-likeness (QED) is 0.0320. The molecule has 0 aromatic heterocycles. The minimum Gasteiger partial charge on any atom is -0.466 e. The van der Waals surface area contributed by atoms with E-state index in [1.165, 1.54) is 315 Å². The van der Waals surface area contributed by atoms with E-state index in [-0.39, 0.29) is 18.5 Å². The number of allylic oxidation sites excluding steroid dienone is 5. The molecular formula is C72H137NO5. The summed E-state index contributed by atoms with van der Waals surface area (Å²) in [6.07, 6.45) is 86.7. The van der Waals surface area contributed by atoms with Crippen molar-refractivity contribution < 1.29 is 24.5 Å². The second-order valence-electron chi connectivity index (χ2n) is 24.2. The van der Waals surface area contributed by atoms with Crippen molar-refractivity contribution in [1.82, 2.24) is 5.32 Å². The lowest BCUT2D eigenvalue weighted by Gasteiger charge is -2.20. The minimum atomic E-state index is -0.841. The first kappa shape index (κ1) is 76.1. The van der Waals surface area contributed by atoms with Crippen LogP contribution in [-0.4, -0.2) is 47.4 Å². The van der Waals surface area contributed by atoms with E-state index in [1.807, 2.05) is 6.08 Å². The summed E-state index contributed by atoms with van der Waals surface area (Å²) in [5.74, 6) is -0.0529. The summed E-state index contributed by atoms with van der Waals surface area (Å²) in [5, 5.41) is 23.1. The number of carbonyl (C=O) groups is 2. The van der Waals surface area contributed by atoms with Gasteiger partial charge in [-0.15, -0.1) is 0 Å². The van der Waals surface area contributed by atoms with Crippen LogP contribution in [0.25, 0.3) is 0 Å². The molecule has 6 nitrogen and oxygen atoms in total. The molecule has 0 aliphatic heterocycles. The Kier molecular flexibility index (Phi) is 65.9. The monoisotopic (exact) mass is 1100 g/mol. The smallest absolute Gasteiger partial charge is 0.305 e. The molecule has 0 aliphatic rings. The highest BCUT2D eigenvalue weighted by Gasteiger charge is 2.18. The zero-order chi connectivity index (χ0) is 56.4. The van der Waals surface area contributed by atoms with E-state index in [1.54, 1.807) is 6.08 Å². The fourth-order valence-electron chi connectivity index (χ4n) is 11.0. The number of unbranched alkanes of at least 4 members (excludes halogenated alkanes) is 51. The molecule has 2 atom stereocenters. The van der Waals surface area contributed by atoms with Crippen molar-refractivity contribution in [3.05, 3.63) is 36.5 Å². The molecule has 0 saturated carbocycles. The maximum absolute atomic E-state index is 12.5. The number of aliphatic hydroxyl groups is 2. The van der Waals surface area contributed by atoms with Crippen LogP contribution in [-0.2, 0) is 14.3 Å². The molecule has 0 bridgehead atoms. The zero-order valence-corrected chi connectivity index (χ0v) is 52.7. The highest BCUT2D eigenvalue weighted by Crippen LogP contribution is 2.18.